The van der Waals surface area contributed by atoms with Crippen LogP contribution in [-0.4, -0.2) is 30.2 Å². The van der Waals surface area contributed by atoms with Crippen LogP contribution in [0.5, 0.6) is 0 Å². The number of hydrogen-bond donors (Lipinski definition) is 2. The predicted octanol–water partition coefficient (Wildman–Crippen LogP) is 2.30. The summed E-state index contributed by atoms with van der Waals surface area (Å²) in [6.07, 6.45) is 2.78. The van der Waals surface area contributed by atoms with Crippen molar-refractivity contribution in [2.75, 3.05) is 18.0 Å². The lowest BCUT2D eigenvalue weighted by Crippen LogP contribution is -2.49. The highest BCUT2D eigenvalue weighted by Gasteiger charge is 2.28. The van der Waals surface area contributed by atoms with Crippen LogP contribution in [0.1, 0.15) is 17.5 Å². The first-order chi connectivity index (χ1) is 12.7. The average molecular weight is 367 g/mol. The molecule has 134 valence electrons. The number of carbonyl (C=O) groups is 2. The summed E-state index contributed by atoms with van der Waals surface area (Å²) in [5.74, 6) is -0.353. The maximum absolute atomic E-state index is 12.3. The van der Waals surface area contributed by atoms with Crippen molar-refractivity contribution in [3.8, 4) is 0 Å². The Kier molecular flexibility index (Phi) is 4.84. The first kappa shape index (κ1) is 17.0. The molecule has 4 rings (SSSR count). The van der Waals surface area contributed by atoms with E-state index < -0.39 is 0 Å². The van der Waals surface area contributed by atoms with Crippen LogP contribution in [0.15, 0.2) is 53.4 Å². The van der Waals surface area contributed by atoms with Crippen molar-refractivity contribution in [1.82, 2.24) is 10.9 Å². The number of thioether (sulfide) groups is 1. The normalized spacial score (nSPS) is 18.0. The van der Waals surface area contributed by atoms with Gasteiger partial charge in [-0.05, 0) is 42.5 Å². The number of amides is 2. The van der Waals surface area contributed by atoms with E-state index in [-0.39, 0.29) is 23.6 Å². The van der Waals surface area contributed by atoms with E-state index in [0.29, 0.717) is 6.42 Å². The number of anilines is 1. The van der Waals surface area contributed by atoms with E-state index in [2.05, 4.69) is 21.8 Å². The molecule has 6 heteroatoms. The molecule has 2 heterocycles. The van der Waals surface area contributed by atoms with Gasteiger partial charge in [-0.1, -0.05) is 36.4 Å². The predicted molar refractivity (Wildman–Crippen MR) is 103 cm³/mol. The lowest BCUT2D eigenvalue weighted by Gasteiger charge is -2.30. The number of hydrazine groups is 1. The van der Waals surface area contributed by atoms with Gasteiger partial charge in [0.15, 0.2) is 0 Å². The molecule has 2 aliphatic heterocycles. The highest BCUT2D eigenvalue weighted by Crippen LogP contribution is 2.36. The summed E-state index contributed by atoms with van der Waals surface area (Å²) in [5.41, 5.74) is 8.73. The van der Waals surface area contributed by atoms with Crippen LogP contribution in [0.2, 0.25) is 0 Å². The van der Waals surface area contributed by atoms with Gasteiger partial charge in [0.05, 0.1) is 11.8 Å². The number of aryl methyl sites for hydroxylation is 1. The van der Waals surface area contributed by atoms with Crippen LogP contribution in [-0.2, 0) is 22.4 Å². The highest BCUT2D eigenvalue weighted by molar-refractivity contribution is 8.01. The second kappa shape index (κ2) is 7.41. The van der Waals surface area contributed by atoms with Gasteiger partial charge >= 0.3 is 0 Å². The Bertz CT molecular complexity index is 814. The van der Waals surface area contributed by atoms with Gasteiger partial charge in [0.2, 0.25) is 0 Å². The van der Waals surface area contributed by atoms with E-state index in [1.54, 1.807) is 11.8 Å². The molecule has 1 unspecified atom stereocenters. The Morgan fingerprint density at radius 1 is 1.04 bits per heavy atom. The first-order valence-corrected chi connectivity index (χ1v) is 9.75. The van der Waals surface area contributed by atoms with Crippen LogP contribution in [0.4, 0.5) is 5.69 Å². The Morgan fingerprint density at radius 2 is 1.81 bits per heavy atom. The number of benzene rings is 2. The molecule has 26 heavy (non-hydrogen) atoms. The van der Waals surface area contributed by atoms with Crippen molar-refractivity contribution in [1.29, 1.82) is 0 Å². The van der Waals surface area contributed by atoms with Crippen molar-refractivity contribution < 1.29 is 9.59 Å². The van der Waals surface area contributed by atoms with Crippen molar-refractivity contribution in [2.24, 2.45) is 0 Å². The van der Waals surface area contributed by atoms with E-state index in [1.165, 1.54) is 11.1 Å². The summed E-state index contributed by atoms with van der Waals surface area (Å²) in [4.78, 5) is 27.8. The summed E-state index contributed by atoms with van der Waals surface area (Å²) in [6, 6.07) is 16.2. The number of para-hydroxylation sites is 1. The van der Waals surface area contributed by atoms with Gasteiger partial charge in [0, 0.05) is 17.1 Å². The van der Waals surface area contributed by atoms with Gasteiger partial charge in [-0.25, -0.2) is 0 Å². The zero-order chi connectivity index (χ0) is 17.9. The molecule has 2 N–H and O–H groups in total. The Morgan fingerprint density at radius 3 is 2.65 bits per heavy atom. The zero-order valence-corrected chi connectivity index (χ0v) is 15.2. The fourth-order valence-corrected chi connectivity index (χ4v) is 4.72. The smallest absolute Gasteiger partial charge is 0.257 e. The van der Waals surface area contributed by atoms with Gasteiger partial charge < -0.3 is 4.90 Å². The minimum Gasteiger partial charge on any atom is -0.362 e. The summed E-state index contributed by atoms with van der Waals surface area (Å²) < 4.78 is 0. The number of nitrogens with zero attached hydrogens (tertiary/aromatic N) is 1. The van der Waals surface area contributed by atoms with Crippen LogP contribution in [0.25, 0.3) is 0 Å². The third-order valence-electron chi connectivity index (χ3n) is 4.81. The minimum absolute atomic E-state index is 0.154. The van der Waals surface area contributed by atoms with Gasteiger partial charge in [0.25, 0.3) is 11.8 Å². The van der Waals surface area contributed by atoms with Crippen LogP contribution in [0, 0.1) is 0 Å². The topological polar surface area (TPSA) is 61.4 Å². The lowest BCUT2D eigenvalue weighted by molar-refractivity contribution is -0.127. The van der Waals surface area contributed by atoms with Crippen molar-refractivity contribution in [3.63, 3.8) is 0 Å². The summed E-state index contributed by atoms with van der Waals surface area (Å²) in [5, 5.41) is -0.191. The second-order valence-corrected chi connectivity index (χ2v) is 7.85. The van der Waals surface area contributed by atoms with Crippen molar-refractivity contribution in [3.05, 3.63) is 59.7 Å². The highest BCUT2D eigenvalue weighted by atomic mass is 32.2. The lowest BCUT2D eigenvalue weighted by atomic mass is 10.0. The SMILES string of the molecule is O=C(CN1CCCc2ccccc21)NNC(=O)C1Cc2ccccc2S1. The van der Waals surface area contributed by atoms with Gasteiger partial charge in [0.1, 0.15) is 0 Å². The number of hydrogen-bond acceptors (Lipinski definition) is 4. The van der Waals surface area contributed by atoms with E-state index in [1.807, 2.05) is 42.5 Å². The second-order valence-electron chi connectivity index (χ2n) is 6.61. The van der Waals surface area contributed by atoms with E-state index >= 15 is 0 Å². The van der Waals surface area contributed by atoms with Gasteiger partial charge in [-0.15, -0.1) is 11.8 Å². The summed E-state index contributed by atoms with van der Waals surface area (Å²) in [6.45, 7) is 1.10. The number of fused-ring (bicyclic) bond motifs is 2. The quantitative estimate of drug-likeness (QED) is 0.818. The average Bonchev–Trinajstić information content (AvgIpc) is 3.11. The number of nitrogens with one attached hydrogen (secondary N) is 2. The van der Waals surface area contributed by atoms with E-state index in [0.717, 1.165) is 30.0 Å². The minimum atomic E-state index is -0.199. The maximum atomic E-state index is 12.3. The van der Waals surface area contributed by atoms with Crippen LogP contribution in [0.3, 0.4) is 0 Å². The fourth-order valence-electron chi connectivity index (χ4n) is 3.53. The molecule has 0 fully saturated rings. The van der Waals surface area contributed by atoms with Gasteiger partial charge in [-0.3, -0.25) is 20.4 Å². The summed E-state index contributed by atoms with van der Waals surface area (Å²) >= 11 is 1.55. The molecule has 0 saturated carbocycles. The van der Waals surface area contributed by atoms with Crippen molar-refractivity contribution in [2.45, 2.75) is 29.4 Å². The largest absolute Gasteiger partial charge is 0.362 e. The molecule has 0 spiro atoms. The molecule has 2 aromatic carbocycles. The maximum Gasteiger partial charge on any atom is 0.257 e. The standard InChI is InChI=1S/C20H21N3O2S/c24-19(13-23-11-5-8-14-6-1-3-9-16(14)23)21-22-20(25)18-12-15-7-2-4-10-17(15)26-18/h1-4,6-7,9-10,18H,5,8,11-13H2,(H,21,24)(H,22,25). The van der Waals surface area contributed by atoms with E-state index in [4.69, 9.17) is 0 Å². The van der Waals surface area contributed by atoms with Crippen LogP contribution >= 0.6 is 11.8 Å². The summed E-state index contributed by atoms with van der Waals surface area (Å²) in [7, 11) is 0. The molecule has 2 aliphatic rings. The first-order valence-electron chi connectivity index (χ1n) is 8.87. The number of rotatable bonds is 3. The molecule has 0 aromatic heterocycles. The Hall–Kier alpha value is -2.47. The Labute approximate surface area is 157 Å². The zero-order valence-electron chi connectivity index (χ0n) is 14.4. The third-order valence-corrected chi connectivity index (χ3v) is 6.12. The van der Waals surface area contributed by atoms with Crippen LogP contribution < -0.4 is 15.8 Å². The fraction of sp³-hybridized carbons (Fsp3) is 0.300. The monoisotopic (exact) mass is 367 g/mol. The molecular weight excluding hydrogens is 346 g/mol. The van der Waals surface area contributed by atoms with E-state index in [9.17, 15) is 9.59 Å². The molecule has 0 bridgehead atoms. The Balaban J connectivity index is 1.29. The molecule has 5 nitrogen and oxygen atoms in total. The number of carbonyl (C=O) groups excluding carboxylic acids is 2. The van der Waals surface area contributed by atoms with Gasteiger partial charge in [-0.2, -0.15) is 0 Å². The third kappa shape index (κ3) is 3.55. The molecule has 0 radical (unpaired) electrons. The molecule has 1 atom stereocenters. The molecule has 0 saturated heterocycles. The van der Waals surface area contributed by atoms with Crippen molar-refractivity contribution >= 4 is 29.3 Å². The molecule has 2 aromatic rings. The molecule has 2 amide bonds. The molecular formula is C20H21N3O2S. The molecule has 0 aliphatic carbocycles.